The predicted molar refractivity (Wildman–Crippen MR) is 96.9 cm³/mol. The van der Waals surface area contributed by atoms with Crippen molar-refractivity contribution < 1.29 is 0 Å². The maximum atomic E-state index is 9.55. The fourth-order valence-corrected chi connectivity index (χ4v) is 3.33. The van der Waals surface area contributed by atoms with Gasteiger partial charge in [0.15, 0.2) is 0 Å². The molecule has 0 saturated heterocycles. The van der Waals surface area contributed by atoms with Crippen LogP contribution in [-0.4, -0.2) is 18.1 Å². The lowest BCUT2D eigenvalue weighted by Gasteiger charge is -2.38. The summed E-state index contributed by atoms with van der Waals surface area (Å²) in [5, 5.41) is 9.55. The van der Waals surface area contributed by atoms with Gasteiger partial charge in [-0.25, -0.2) is 4.98 Å². The number of fused-ring (bicyclic) bond motifs is 1. The Bertz CT molecular complexity index is 783. The maximum absolute atomic E-state index is 9.55. The molecule has 0 aliphatic carbocycles. The molecule has 1 aliphatic rings. The lowest BCUT2D eigenvalue weighted by atomic mass is 9.90. The first-order valence-corrected chi connectivity index (χ1v) is 8.42. The van der Waals surface area contributed by atoms with Gasteiger partial charge < -0.3 is 10.6 Å². The highest BCUT2D eigenvalue weighted by molar-refractivity contribution is 5.58. The summed E-state index contributed by atoms with van der Waals surface area (Å²) in [6, 6.07) is 14.6. The van der Waals surface area contributed by atoms with Crippen molar-refractivity contribution in [1.82, 2.24) is 4.98 Å². The van der Waals surface area contributed by atoms with Gasteiger partial charge in [-0.1, -0.05) is 45.0 Å². The molecule has 1 aliphatic heterocycles. The minimum atomic E-state index is -0.0609. The highest BCUT2D eigenvalue weighted by Crippen LogP contribution is 2.35. The van der Waals surface area contributed by atoms with E-state index in [0.717, 1.165) is 24.5 Å². The van der Waals surface area contributed by atoms with Crippen molar-refractivity contribution in [2.45, 2.75) is 38.6 Å². The van der Waals surface area contributed by atoms with E-state index in [-0.39, 0.29) is 11.5 Å². The number of nitriles is 1. The number of pyridine rings is 1. The van der Waals surface area contributed by atoms with Gasteiger partial charge in [-0.3, -0.25) is 0 Å². The summed E-state index contributed by atoms with van der Waals surface area (Å²) in [5.41, 5.74) is 10.2. The van der Waals surface area contributed by atoms with E-state index in [4.69, 9.17) is 10.7 Å². The standard InChI is InChI=1S/C20H24N4/c1-20(2,3)18-9-8-15(12-21)19(23-18)24-11-10-14-6-4-5-7-16(14)17(24)13-22/h4-9,17H,10-11,13,22H2,1-3H3. The number of benzene rings is 1. The summed E-state index contributed by atoms with van der Waals surface area (Å²) in [6.07, 6.45) is 0.943. The summed E-state index contributed by atoms with van der Waals surface area (Å²) >= 11 is 0. The Morgan fingerprint density at radius 2 is 2.00 bits per heavy atom. The summed E-state index contributed by atoms with van der Waals surface area (Å²) in [5.74, 6) is 0.759. The zero-order valence-electron chi connectivity index (χ0n) is 14.6. The van der Waals surface area contributed by atoms with E-state index >= 15 is 0 Å². The number of nitrogens with two attached hydrogens (primary N) is 1. The molecule has 0 radical (unpaired) electrons. The Kier molecular flexibility index (Phi) is 4.29. The number of rotatable bonds is 2. The zero-order valence-corrected chi connectivity index (χ0v) is 14.6. The van der Waals surface area contributed by atoms with Gasteiger partial charge in [0.25, 0.3) is 0 Å². The van der Waals surface area contributed by atoms with Crippen LogP contribution in [0.3, 0.4) is 0 Å². The molecule has 24 heavy (non-hydrogen) atoms. The number of aromatic nitrogens is 1. The van der Waals surface area contributed by atoms with E-state index < -0.39 is 0 Å². The number of hydrogen-bond donors (Lipinski definition) is 1. The van der Waals surface area contributed by atoms with Crippen molar-refractivity contribution in [2.75, 3.05) is 18.0 Å². The van der Waals surface area contributed by atoms with Crippen molar-refractivity contribution >= 4 is 5.82 Å². The molecule has 0 bridgehead atoms. The Balaban J connectivity index is 2.10. The van der Waals surface area contributed by atoms with Gasteiger partial charge in [0.2, 0.25) is 0 Å². The average Bonchev–Trinajstić information content (AvgIpc) is 2.59. The third kappa shape index (κ3) is 2.88. The monoisotopic (exact) mass is 320 g/mol. The molecule has 0 amide bonds. The Hall–Kier alpha value is -2.38. The average molecular weight is 320 g/mol. The second-order valence-corrected chi connectivity index (χ2v) is 7.32. The van der Waals surface area contributed by atoms with Crippen LogP contribution in [0.25, 0.3) is 0 Å². The van der Waals surface area contributed by atoms with Crippen LogP contribution in [0.2, 0.25) is 0 Å². The summed E-state index contributed by atoms with van der Waals surface area (Å²) in [4.78, 5) is 7.06. The van der Waals surface area contributed by atoms with Crippen LogP contribution in [0.5, 0.6) is 0 Å². The van der Waals surface area contributed by atoms with Crippen LogP contribution in [0.15, 0.2) is 36.4 Å². The molecule has 0 spiro atoms. The Morgan fingerprint density at radius 1 is 1.25 bits per heavy atom. The normalized spacial score (nSPS) is 17.3. The largest absolute Gasteiger partial charge is 0.347 e. The van der Waals surface area contributed by atoms with E-state index in [1.807, 2.05) is 12.1 Å². The van der Waals surface area contributed by atoms with Crippen LogP contribution in [0.4, 0.5) is 5.82 Å². The van der Waals surface area contributed by atoms with Gasteiger partial charge in [-0.05, 0) is 29.7 Å². The highest BCUT2D eigenvalue weighted by atomic mass is 15.2. The fourth-order valence-electron chi connectivity index (χ4n) is 3.33. The van der Waals surface area contributed by atoms with Gasteiger partial charge in [-0.2, -0.15) is 5.26 Å². The van der Waals surface area contributed by atoms with Crippen LogP contribution < -0.4 is 10.6 Å². The minimum absolute atomic E-state index is 0.0600. The molecule has 2 aromatic rings. The number of nitrogens with zero attached hydrogens (tertiary/aromatic N) is 3. The SMILES string of the molecule is CC(C)(C)c1ccc(C#N)c(N2CCc3ccccc3C2CN)n1. The van der Waals surface area contributed by atoms with Crippen LogP contribution in [0.1, 0.15) is 49.2 Å². The summed E-state index contributed by atoms with van der Waals surface area (Å²) < 4.78 is 0. The second kappa shape index (κ2) is 6.26. The second-order valence-electron chi connectivity index (χ2n) is 7.32. The molecular formula is C20H24N4. The first-order chi connectivity index (χ1) is 11.5. The first kappa shape index (κ1) is 16.5. The minimum Gasteiger partial charge on any atom is -0.347 e. The zero-order chi connectivity index (χ0) is 17.3. The van der Waals surface area contributed by atoms with Crippen molar-refractivity contribution in [3.63, 3.8) is 0 Å². The molecule has 2 heterocycles. The highest BCUT2D eigenvalue weighted by Gasteiger charge is 2.29. The molecule has 0 saturated carbocycles. The molecule has 1 aromatic heterocycles. The summed E-state index contributed by atoms with van der Waals surface area (Å²) in [7, 11) is 0. The van der Waals surface area contributed by atoms with E-state index in [1.54, 1.807) is 0 Å². The molecule has 1 aromatic carbocycles. The molecule has 2 N–H and O–H groups in total. The molecule has 4 nitrogen and oxygen atoms in total. The molecular weight excluding hydrogens is 296 g/mol. The molecule has 124 valence electrons. The molecule has 0 fully saturated rings. The topological polar surface area (TPSA) is 65.9 Å². The molecule has 3 rings (SSSR count). The van der Waals surface area contributed by atoms with E-state index in [2.05, 4.69) is 56.0 Å². The summed E-state index contributed by atoms with van der Waals surface area (Å²) in [6.45, 7) is 7.74. The first-order valence-electron chi connectivity index (χ1n) is 8.42. The third-order valence-corrected chi connectivity index (χ3v) is 4.67. The van der Waals surface area contributed by atoms with Crippen molar-refractivity contribution in [1.29, 1.82) is 5.26 Å². The molecule has 1 unspecified atom stereocenters. The smallest absolute Gasteiger partial charge is 0.147 e. The van der Waals surface area contributed by atoms with Crippen LogP contribution in [0, 0.1) is 11.3 Å². The number of anilines is 1. The van der Waals surface area contributed by atoms with Crippen molar-refractivity contribution in [3.05, 3.63) is 58.8 Å². The van der Waals surface area contributed by atoms with E-state index in [1.165, 1.54) is 11.1 Å². The fraction of sp³-hybridized carbons (Fsp3) is 0.400. The quantitative estimate of drug-likeness (QED) is 0.922. The van der Waals surface area contributed by atoms with Crippen molar-refractivity contribution in [2.24, 2.45) is 5.73 Å². The van der Waals surface area contributed by atoms with Gasteiger partial charge in [0, 0.05) is 24.2 Å². The lowest BCUT2D eigenvalue weighted by molar-refractivity contribution is 0.554. The van der Waals surface area contributed by atoms with Gasteiger partial charge >= 0.3 is 0 Å². The van der Waals surface area contributed by atoms with Crippen LogP contribution >= 0.6 is 0 Å². The van der Waals surface area contributed by atoms with Crippen molar-refractivity contribution in [3.8, 4) is 6.07 Å². The molecule has 1 atom stereocenters. The predicted octanol–water partition coefficient (Wildman–Crippen LogP) is 3.31. The third-order valence-electron chi connectivity index (χ3n) is 4.67. The van der Waals surface area contributed by atoms with Gasteiger partial charge in [0.05, 0.1) is 11.6 Å². The number of hydrogen-bond acceptors (Lipinski definition) is 4. The van der Waals surface area contributed by atoms with E-state index in [0.29, 0.717) is 12.1 Å². The maximum Gasteiger partial charge on any atom is 0.147 e. The lowest BCUT2D eigenvalue weighted by Crippen LogP contribution is -2.40. The van der Waals surface area contributed by atoms with Gasteiger partial charge in [-0.15, -0.1) is 0 Å². The van der Waals surface area contributed by atoms with Crippen LogP contribution in [-0.2, 0) is 11.8 Å². The Morgan fingerprint density at radius 3 is 2.67 bits per heavy atom. The molecule has 4 heteroatoms. The van der Waals surface area contributed by atoms with E-state index in [9.17, 15) is 5.26 Å². The Labute approximate surface area is 143 Å². The van der Waals surface area contributed by atoms with Gasteiger partial charge in [0.1, 0.15) is 11.9 Å².